The summed E-state index contributed by atoms with van der Waals surface area (Å²) >= 11 is 0. The van der Waals surface area contributed by atoms with Crippen LogP contribution in [-0.2, 0) is 14.6 Å². The van der Waals surface area contributed by atoms with Crippen molar-refractivity contribution in [1.82, 2.24) is 0 Å². The number of aryl methyl sites for hydroxylation is 1. The van der Waals surface area contributed by atoms with Gasteiger partial charge in [0.2, 0.25) is 0 Å². The van der Waals surface area contributed by atoms with E-state index in [0.29, 0.717) is 16.3 Å². The fraction of sp³-hybridized carbons (Fsp3) is 0.100. The van der Waals surface area contributed by atoms with Gasteiger partial charge in [0.25, 0.3) is 10.0 Å². The molecule has 0 spiro atoms. The molecule has 3 aromatic carbocycles. The molecule has 0 saturated carbocycles. The molecule has 0 aromatic heterocycles. The Bertz CT molecular complexity index is 1060. The number of para-hydroxylation sites is 1. The fourth-order valence-corrected chi connectivity index (χ4v) is 5.84. The van der Waals surface area contributed by atoms with Crippen molar-refractivity contribution in [3.63, 3.8) is 0 Å². The van der Waals surface area contributed by atoms with E-state index in [-0.39, 0.29) is 4.90 Å². The van der Waals surface area contributed by atoms with Gasteiger partial charge < -0.3 is 4.57 Å². The van der Waals surface area contributed by atoms with Gasteiger partial charge in [-0.15, -0.1) is 0 Å². The summed E-state index contributed by atoms with van der Waals surface area (Å²) in [6.07, 6.45) is 0. The van der Waals surface area contributed by atoms with E-state index in [4.69, 9.17) is 0 Å². The normalized spacial score (nSPS) is 13.8. The van der Waals surface area contributed by atoms with E-state index in [1.807, 2.05) is 25.1 Å². The first-order valence-electron chi connectivity index (χ1n) is 8.13. The van der Waals surface area contributed by atoms with Crippen LogP contribution in [-0.4, -0.2) is 15.1 Å². The van der Waals surface area contributed by atoms with Crippen molar-refractivity contribution in [2.24, 2.45) is 0 Å². The van der Waals surface area contributed by atoms with Gasteiger partial charge in [0.05, 0.1) is 10.6 Å². The first-order valence-corrected chi connectivity index (χ1v) is 11.8. The molecule has 0 saturated heterocycles. The fourth-order valence-electron chi connectivity index (χ4n) is 2.70. The second kappa shape index (κ2) is 7.10. The van der Waals surface area contributed by atoms with E-state index in [0.717, 1.165) is 5.56 Å². The van der Waals surface area contributed by atoms with Crippen molar-refractivity contribution in [1.29, 1.82) is 0 Å². The zero-order valence-corrected chi connectivity index (χ0v) is 16.3. The highest BCUT2D eigenvalue weighted by Gasteiger charge is 2.26. The lowest BCUT2D eigenvalue weighted by molar-refractivity contribution is 0.590. The molecular weight excluding hydrogens is 365 g/mol. The molecule has 1 unspecified atom stereocenters. The third kappa shape index (κ3) is 3.74. The Morgan fingerprint density at radius 1 is 0.808 bits per heavy atom. The molecule has 0 heterocycles. The maximum absolute atomic E-state index is 13.5. The lowest BCUT2D eigenvalue weighted by Crippen LogP contribution is -2.22. The Morgan fingerprint density at radius 2 is 1.38 bits per heavy atom. The van der Waals surface area contributed by atoms with Gasteiger partial charge in [-0.25, -0.2) is 8.42 Å². The summed E-state index contributed by atoms with van der Waals surface area (Å²) in [6.45, 7) is 3.55. The highest BCUT2D eigenvalue weighted by Crippen LogP contribution is 2.41. The van der Waals surface area contributed by atoms with Gasteiger partial charge in [-0.2, -0.15) is 0 Å². The van der Waals surface area contributed by atoms with Crippen molar-refractivity contribution < 1.29 is 13.0 Å². The van der Waals surface area contributed by atoms with Crippen molar-refractivity contribution in [2.45, 2.75) is 11.8 Å². The van der Waals surface area contributed by atoms with Crippen LogP contribution in [0.3, 0.4) is 0 Å². The Balaban J connectivity index is 2.03. The first-order chi connectivity index (χ1) is 12.3. The maximum Gasteiger partial charge on any atom is 0.261 e. The van der Waals surface area contributed by atoms with Crippen molar-refractivity contribution >= 4 is 33.5 Å². The summed E-state index contributed by atoms with van der Waals surface area (Å²) in [6, 6.07) is 22.5. The molecule has 3 aromatic rings. The quantitative estimate of drug-likeness (QED) is 0.681. The zero-order chi connectivity index (χ0) is 18.8. The van der Waals surface area contributed by atoms with Crippen LogP contribution in [0, 0.1) is 6.92 Å². The number of nitrogens with one attached hydrogen (secondary N) is 1. The smallest absolute Gasteiger partial charge is 0.261 e. The van der Waals surface area contributed by atoms with Crippen LogP contribution in [0.1, 0.15) is 5.56 Å². The van der Waals surface area contributed by atoms with E-state index in [9.17, 15) is 13.0 Å². The van der Waals surface area contributed by atoms with Crippen LogP contribution in [0.4, 0.5) is 5.69 Å². The number of rotatable bonds is 5. The highest BCUT2D eigenvalue weighted by molar-refractivity contribution is 7.92. The summed E-state index contributed by atoms with van der Waals surface area (Å²) < 4.78 is 41.5. The average molecular weight is 385 g/mol. The summed E-state index contributed by atoms with van der Waals surface area (Å²) in [7, 11) is -6.71. The Kier molecular flexibility index (Phi) is 5.03. The zero-order valence-electron chi connectivity index (χ0n) is 14.6. The number of sulfonamides is 1. The van der Waals surface area contributed by atoms with Crippen LogP contribution in [0.5, 0.6) is 0 Å². The van der Waals surface area contributed by atoms with Gasteiger partial charge in [0, 0.05) is 10.6 Å². The molecule has 6 heteroatoms. The molecule has 1 atom stereocenters. The minimum Gasteiger partial charge on any atom is -0.314 e. The lowest BCUT2D eigenvalue weighted by Gasteiger charge is -2.19. The number of hydrogen-bond donors (Lipinski definition) is 1. The van der Waals surface area contributed by atoms with E-state index < -0.39 is 17.2 Å². The van der Waals surface area contributed by atoms with Gasteiger partial charge in [-0.3, -0.25) is 4.72 Å². The molecule has 0 amide bonds. The van der Waals surface area contributed by atoms with E-state index in [1.165, 1.54) is 0 Å². The molecule has 0 radical (unpaired) electrons. The molecule has 0 aliphatic carbocycles. The molecular formula is C20H20NO3PS. The SMILES string of the molecule is Cc1ccc(S(=O)(=O)Nc2ccccc2P(C)(=O)c2ccccc2)cc1. The molecule has 0 aliphatic heterocycles. The molecule has 134 valence electrons. The summed E-state index contributed by atoms with van der Waals surface area (Å²) in [5, 5.41) is 1.17. The van der Waals surface area contributed by atoms with Gasteiger partial charge in [0.15, 0.2) is 0 Å². The maximum atomic E-state index is 13.5. The second-order valence-corrected chi connectivity index (χ2v) is 10.7. The molecule has 4 nitrogen and oxygen atoms in total. The standard InChI is InChI=1S/C20H20NO3PS/c1-16-12-14-18(15-13-16)26(23,24)21-19-10-6-7-11-20(19)25(2,22)17-8-4-3-5-9-17/h3-15,21H,1-2H3. The Morgan fingerprint density at radius 3 is 2.04 bits per heavy atom. The first kappa shape index (κ1) is 18.4. The Labute approximate surface area is 154 Å². The largest absolute Gasteiger partial charge is 0.314 e. The van der Waals surface area contributed by atoms with Crippen LogP contribution in [0.25, 0.3) is 0 Å². The minimum absolute atomic E-state index is 0.170. The van der Waals surface area contributed by atoms with Crippen LogP contribution in [0.15, 0.2) is 83.8 Å². The highest BCUT2D eigenvalue weighted by atomic mass is 32.2. The van der Waals surface area contributed by atoms with Crippen LogP contribution in [0.2, 0.25) is 0 Å². The van der Waals surface area contributed by atoms with Crippen LogP contribution < -0.4 is 15.3 Å². The summed E-state index contributed by atoms with van der Waals surface area (Å²) in [5.41, 5.74) is 1.31. The topological polar surface area (TPSA) is 63.2 Å². The number of hydrogen-bond acceptors (Lipinski definition) is 3. The molecule has 26 heavy (non-hydrogen) atoms. The van der Waals surface area contributed by atoms with Gasteiger partial charge in [-0.05, 0) is 37.9 Å². The summed E-state index contributed by atoms with van der Waals surface area (Å²) in [4.78, 5) is 0.170. The Hall–Kier alpha value is -2.36. The predicted octanol–water partition coefficient (Wildman–Crippen LogP) is 3.74. The molecule has 0 bridgehead atoms. The van der Waals surface area contributed by atoms with Crippen molar-refractivity contribution in [2.75, 3.05) is 11.4 Å². The molecule has 0 fully saturated rings. The molecule has 1 N–H and O–H groups in total. The lowest BCUT2D eigenvalue weighted by atomic mass is 10.2. The number of anilines is 1. The van der Waals surface area contributed by atoms with Crippen molar-refractivity contribution in [3.05, 3.63) is 84.4 Å². The van der Waals surface area contributed by atoms with Crippen LogP contribution >= 0.6 is 7.14 Å². The molecule has 0 aliphatic rings. The number of benzene rings is 3. The third-order valence-electron chi connectivity index (χ3n) is 4.19. The van der Waals surface area contributed by atoms with E-state index in [1.54, 1.807) is 67.3 Å². The average Bonchev–Trinajstić information content (AvgIpc) is 2.63. The monoisotopic (exact) mass is 385 g/mol. The molecule has 3 rings (SSSR count). The van der Waals surface area contributed by atoms with Gasteiger partial charge in [-0.1, -0.05) is 60.2 Å². The van der Waals surface area contributed by atoms with Gasteiger partial charge >= 0.3 is 0 Å². The third-order valence-corrected chi connectivity index (χ3v) is 8.16. The second-order valence-electron chi connectivity index (χ2n) is 6.20. The van der Waals surface area contributed by atoms with Gasteiger partial charge in [0.1, 0.15) is 7.14 Å². The summed E-state index contributed by atoms with van der Waals surface area (Å²) in [5.74, 6) is 0. The van der Waals surface area contributed by atoms with E-state index in [2.05, 4.69) is 4.72 Å². The van der Waals surface area contributed by atoms with Crippen molar-refractivity contribution in [3.8, 4) is 0 Å². The van der Waals surface area contributed by atoms with E-state index >= 15 is 0 Å². The predicted molar refractivity (Wildman–Crippen MR) is 108 cm³/mol. The minimum atomic E-state index is -3.77.